The first-order valence-electron chi connectivity index (χ1n) is 11.0. The van der Waals surface area contributed by atoms with Crippen molar-refractivity contribution in [1.29, 1.82) is 0 Å². The molecule has 0 aliphatic heterocycles. The van der Waals surface area contributed by atoms with Crippen LogP contribution in [-0.2, 0) is 18.3 Å². The number of hydrogen-bond donors (Lipinski definition) is 1. The third kappa shape index (κ3) is 5.60. The summed E-state index contributed by atoms with van der Waals surface area (Å²) in [7, 11) is 1.25. The van der Waals surface area contributed by atoms with Crippen LogP contribution in [0, 0.1) is 0 Å². The predicted molar refractivity (Wildman–Crippen MR) is 129 cm³/mol. The van der Waals surface area contributed by atoms with Crippen molar-refractivity contribution in [2.24, 2.45) is 7.05 Å². The van der Waals surface area contributed by atoms with Crippen molar-refractivity contribution in [1.82, 2.24) is 9.13 Å². The predicted octanol–water partition coefficient (Wildman–Crippen LogP) is 2.01. The Bertz CT molecular complexity index is 1340. The highest BCUT2D eigenvalue weighted by Gasteiger charge is 2.23. The Morgan fingerprint density at radius 3 is 2.26 bits per heavy atom. The number of ketones is 1. The monoisotopic (exact) mass is 481 g/mol. The van der Waals surface area contributed by atoms with Gasteiger partial charge in [0.1, 0.15) is 11.4 Å². The lowest BCUT2D eigenvalue weighted by Gasteiger charge is -2.15. The fourth-order valence-electron chi connectivity index (χ4n) is 3.43. The molecule has 1 aromatic heterocycles. The number of nitrogens with two attached hydrogens (primary N) is 1. The van der Waals surface area contributed by atoms with Crippen molar-refractivity contribution in [3.05, 3.63) is 86.1 Å². The first-order chi connectivity index (χ1) is 16.8. The van der Waals surface area contributed by atoms with Crippen molar-refractivity contribution in [2.75, 3.05) is 25.6 Å². The zero-order valence-corrected chi connectivity index (χ0v) is 19.8. The average Bonchev–Trinajstić information content (AvgIpc) is 2.86. The molecule has 0 amide bonds. The molecule has 0 atom stereocenters. The van der Waals surface area contributed by atoms with Gasteiger partial charge in [0.25, 0.3) is 5.56 Å². The number of aromatic nitrogens is 2. The topological polar surface area (TPSA) is 132 Å². The van der Waals surface area contributed by atoms with Crippen LogP contribution in [0.5, 0.6) is 11.5 Å². The molecule has 2 aromatic carbocycles. The van der Waals surface area contributed by atoms with E-state index in [0.29, 0.717) is 24.7 Å². The highest BCUT2D eigenvalue weighted by atomic mass is 16.5. The van der Waals surface area contributed by atoms with E-state index in [4.69, 9.17) is 19.9 Å². The molecule has 0 saturated carbocycles. The van der Waals surface area contributed by atoms with Gasteiger partial charge in [-0.25, -0.2) is 9.59 Å². The highest BCUT2D eigenvalue weighted by Crippen LogP contribution is 2.28. The molecule has 35 heavy (non-hydrogen) atoms. The summed E-state index contributed by atoms with van der Waals surface area (Å²) in [5, 5.41) is 0. The first kappa shape index (κ1) is 25.3. The van der Waals surface area contributed by atoms with Gasteiger partial charge in [0.2, 0.25) is 5.78 Å². The Labute approximate surface area is 201 Å². The van der Waals surface area contributed by atoms with Gasteiger partial charge in [-0.15, -0.1) is 0 Å². The van der Waals surface area contributed by atoms with Gasteiger partial charge in [-0.1, -0.05) is 30.3 Å². The Hall–Kier alpha value is -4.34. The van der Waals surface area contributed by atoms with E-state index in [1.807, 2.05) is 13.0 Å². The van der Waals surface area contributed by atoms with Crippen molar-refractivity contribution in [2.45, 2.75) is 20.4 Å². The lowest BCUT2D eigenvalue weighted by atomic mass is 10.1. The maximum Gasteiger partial charge on any atom is 0.338 e. The van der Waals surface area contributed by atoms with Crippen LogP contribution in [-0.4, -0.2) is 40.7 Å². The fraction of sp³-hybridized carbons (Fsp3) is 0.280. The van der Waals surface area contributed by atoms with Gasteiger partial charge in [0, 0.05) is 7.05 Å². The van der Waals surface area contributed by atoms with Gasteiger partial charge in [0.05, 0.1) is 25.3 Å². The molecule has 0 radical (unpaired) electrons. The number of nitrogens with zero attached hydrogens (tertiary/aromatic N) is 2. The Balaban J connectivity index is 1.84. The molecule has 0 spiro atoms. The smallest absolute Gasteiger partial charge is 0.338 e. The maximum absolute atomic E-state index is 12.9. The van der Waals surface area contributed by atoms with Crippen LogP contribution in [0.2, 0.25) is 0 Å². The minimum absolute atomic E-state index is 0.0616. The third-order valence-corrected chi connectivity index (χ3v) is 5.16. The van der Waals surface area contributed by atoms with E-state index in [9.17, 15) is 19.2 Å². The second-order valence-corrected chi connectivity index (χ2v) is 7.51. The summed E-state index contributed by atoms with van der Waals surface area (Å²) in [6.07, 6.45) is 0. The van der Waals surface area contributed by atoms with Crippen LogP contribution in [0.15, 0.2) is 58.1 Å². The number of Topliss-reactive ketones (excluding diaryl/α,β-unsaturated/α-hetero) is 1. The molecule has 0 aliphatic carbocycles. The normalized spacial score (nSPS) is 10.6. The van der Waals surface area contributed by atoms with Gasteiger partial charge in [0.15, 0.2) is 18.1 Å². The molecule has 1 heterocycles. The summed E-state index contributed by atoms with van der Waals surface area (Å²) >= 11 is 0. The number of benzene rings is 2. The first-order valence-corrected chi connectivity index (χ1v) is 11.0. The third-order valence-electron chi connectivity index (χ3n) is 5.16. The summed E-state index contributed by atoms with van der Waals surface area (Å²) in [5.41, 5.74) is 5.02. The summed E-state index contributed by atoms with van der Waals surface area (Å²) in [4.78, 5) is 50.7. The Morgan fingerprint density at radius 2 is 1.60 bits per heavy atom. The molecule has 0 bridgehead atoms. The van der Waals surface area contributed by atoms with E-state index in [2.05, 4.69) is 0 Å². The number of nitrogen functional groups attached to an aromatic ring is 1. The minimum atomic E-state index is -0.863. The fourth-order valence-corrected chi connectivity index (χ4v) is 3.43. The number of ether oxygens (including phenoxy) is 3. The van der Waals surface area contributed by atoms with Crippen molar-refractivity contribution < 1.29 is 23.8 Å². The van der Waals surface area contributed by atoms with Crippen LogP contribution in [0.4, 0.5) is 5.82 Å². The number of rotatable bonds is 10. The quantitative estimate of drug-likeness (QED) is 0.344. The van der Waals surface area contributed by atoms with Crippen LogP contribution in [0.1, 0.15) is 40.1 Å². The molecule has 3 rings (SSSR count). The van der Waals surface area contributed by atoms with Crippen LogP contribution >= 0.6 is 0 Å². The molecule has 10 heteroatoms. The van der Waals surface area contributed by atoms with Gasteiger partial charge >= 0.3 is 11.7 Å². The lowest BCUT2D eigenvalue weighted by molar-refractivity contribution is 0.0473. The second-order valence-electron chi connectivity index (χ2n) is 7.51. The van der Waals surface area contributed by atoms with Crippen LogP contribution in [0.3, 0.4) is 0 Å². The largest absolute Gasteiger partial charge is 0.490 e. The van der Waals surface area contributed by atoms with Gasteiger partial charge in [-0.05, 0) is 37.6 Å². The number of esters is 1. The Morgan fingerprint density at radius 1 is 0.943 bits per heavy atom. The molecule has 2 N–H and O–H groups in total. The Kier molecular flexibility index (Phi) is 8.08. The molecular formula is C25H27N3O7. The van der Waals surface area contributed by atoms with Crippen LogP contribution < -0.4 is 26.5 Å². The molecule has 10 nitrogen and oxygen atoms in total. The van der Waals surface area contributed by atoms with E-state index in [0.717, 1.165) is 14.7 Å². The average molecular weight is 482 g/mol. The van der Waals surface area contributed by atoms with Crippen LogP contribution in [0.25, 0.3) is 0 Å². The molecule has 0 unspecified atom stereocenters. The molecule has 0 saturated heterocycles. The van der Waals surface area contributed by atoms with E-state index in [1.54, 1.807) is 37.3 Å². The number of carbonyl (C=O) groups excluding carboxylic acids is 2. The van der Waals surface area contributed by atoms with E-state index >= 15 is 0 Å². The van der Waals surface area contributed by atoms with E-state index in [-0.39, 0.29) is 17.9 Å². The van der Waals surface area contributed by atoms with Crippen molar-refractivity contribution >= 4 is 17.6 Å². The standard InChI is InChI=1S/C25H27N3O7/c1-4-33-19-12-11-17(13-20(19)34-5-2)24(31)35-15-18(29)21-22(26)28(25(32)27(3)23(21)30)14-16-9-7-6-8-10-16/h6-13H,4-5,14-15,26H2,1-3H3. The van der Waals surface area contributed by atoms with Crippen molar-refractivity contribution in [3.8, 4) is 11.5 Å². The highest BCUT2D eigenvalue weighted by molar-refractivity contribution is 6.02. The van der Waals surface area contributed by atoms with Gasteiger partial charge < -0.3 is 19.9 Å². The molecule has 184 valence electrons. The zero-order valence-electron chi connectivity index (χ0n) is 19.8. The maximum atomic E-state index is 12.9. The molecule has 3 aromatic rings. The second kappa shape index (κ2) is 11.2. The number of hydrogen-bond acceptors (Lipinski definition) is 8. The summed E-state index contributed by atoms with van der Waals surface area (Å²) in [5.74, 6) is -1.08. The summed E-state index contributed by atoms with van der Waals surface area (Å²) in [6, 6.07) is 13.5. The van der Waals surface area contributed by atoms with E-state index in [1.165, 1.54) is 19.2 Å². The van der Waals surface area contributed by atoms with Gasteiger partial charge in [-0.2, -0.15) is 0 Å². The van der Waals surface area contributed by atoms with Gasteiger partial charge in [-0.3, -0.25) is 18.7 Å². The minimum Gasteiger partial charge on any atom is -0.490 e. The molecule has 0 fully saturated rings. The number of anilines is 1. The summed E-state index contributed by atoms with van der Waals surface area (Å²) < 4.78 is 18.0. The molecular weight excluding hydrogens is 454 g/mol. The van der Waals surface area contributed by atoms with E-state index < -0.39 is 35.2 Å². The lowest BCUT2D eigenvalue weighted by Crippen LogP contribution is -2.43. The SMILES string of the molecule is CCOc1ccc(C(=O)OCC(=O)c2c(N)n(Cc3ccccc3)c(=O)n(C)c2=O)cc1OCC. The zero-order chi connectivity index (χ0) is 25.5. The number of carbonyl (C=O) groups is 2. The van der Waals surface area contributed by atoms with Crippen molar-refractivity contribution in [3.63, 3.8) is 0 Å². The molecule has 0 aliphatic rings. The summed E-state index contributed by atoms with van der Waals surface area (Å²) in [6.45, 7) is 3.72.